The van der Waals surface area contributed by atoms with Gasteiger partial charge >= 0.3 is 6.03 Å². The second-order valence-corrected chi connectivity index (χ2v) is 11.2. The molecule has 3 rings (SSSR count). The summed E-state index contributed by atoms with van der Waals surface area (Å²) in [6, 6.07) is 15.3. The van der Waals surface area contributed by atoms with Crippen LogP contribution in [0.25, 0.3) is 0 Å². The van der Waals surface area contributed by atoms with Crippen LogP contribution in [-0.2, 0) is 6.54 Å². The Labute approximate surface area is 233 Å². The topological polar surface area (TPSA) is 54.2 Å². The number of carbonyl (C=O) groups excluding carboxylic acids is 1. The molecule has 0 saturated carbocycles. The Morgan fingerprint density at radius 3 is 2.08 bits per heavy atom. The van der Waals surface area contributed by atoms with Crippen molar-refractivity contribution in [2.45, 2.75) is 97.4 Å². The number of hydrogen-bond acceptors (Lipinski definition) is 3. The predicted molar refractivity (Wildman–Crippen MR) is 160 cm³/mol. The van der Waals surface area contributed by atoms with Crippen molar-refractivity contribution in [3.8, 4) is 5.75 Å². The van der Waals surface area contributed by atoms with Crippen LogP contribution in [0.2, 0.25) is 0 Å². The number of urea groups is 1. The van der Waals surface area contributed by atoms with Gasteiger partial charge in [0, 0.05) is 23.9 Å². The van der Waals surface area contributed by atoms with Crippen molar-refractivity contribution < 1.29 is 14.1 Å². The Hall–Kier alpha value is -2.86. The molecule has 0 atom stereocenters. The molecule has 0 aliphatic rings. The summed E-state index contributed by atoms with van der Waals surface area (Å²) in [5.41, 5.74) is 2.65. The van der Waals surface area contributed by atoms with Gasteiger partial charge < -0.3 is 15.4 Å². The fraction of sp³-hybridized carbons (Fsp3) is 0.500. The lowest BCUT2D eigenvalue weighted by molar-refractivity contribution is -0.689. The molecule has 0 unspecified atom stereocenters. The first kappa shape index (κ1) is 29.7. The van der Waals surface area contributed by atoms with Crippen LogP contribution in [0, 0.1) is 6.92 Å². The van der Waals surface area contributed by atoms with Gasteiger partial charge in [-0.25, -0.2) is 4.79 Å². The zero-order chi connectivity index (χ0) is 26.8. The van der Waals surface area contributed by atoms with Crippen molar-refractivity contribution in [2.24, 2.45) is 0 Å². The SMILES string of the molecule is CCCCCCCCCCCCCCOc1ccc(NC(=O)Nc2cccc(C[n+]3ccsc3C)c2)cc1. The molecule has 5 nitrogen and oxygen atoms in total. The molecule has 2 N–H and O–H groups in total. The van der Waals surface area contributed by atoms with Gasteiger partial charge in [-0.1, -0.05) is 101 Å². The van der Waals surface area contributed by atoms with Gasteiger partial charge in [-0.05, 0) is 42.8 Å². The van der Waals surface area contributed by atoms with Crippen LogP contribution in [0.1, 0.15) is 94.5 Å². The first-order valence-electron chi connectivity index (χ1n) is 14.5. The molecule has 2 amide bonds. The smallest absolute Gasteiger partial charge is 0.323 e. The Morgan fingerprint density at radius 2 is 1.45 bits per heavy atom. The Kier molecular flexibility index (Phi) is 13.8. The highest BCUT2D eigenvalue weighted by Gasteiger charge is 2.10. The third-order valence-corrected chi connectivity index (χ3v) is 7.63. The van der Waals surface area contributed by atoms with E-state index < -0.39 is 0 Å². The number of rotatable bonds is 18. The van der Waals surface area contributed by atoms with Crippen LogP contribution in [0.5, 0.6) is 5.75 Å². The Balaban J connectivity index is 1.26. The maximum absolute atomic E-state index is 12.5. The first-order valence-corrected chi connectivity index (χ1v) is 15.4. The lowest BCUT2D eigenvalue weighted by Gasteiger charge is -2.10. The van der Waals surface area contributed by atoms with E-state index in [-0.39, 0.29) is 6.03 Å². The van der Waals surface area contributed by atoms with Crippen molar-refractivity contribution in [2.75, 3.05) is 17.2 Å². The monoisotopic (exact) mass is 536 g/mol. The zero-order valence-corrected chi connectivity index (χ0v) is 24.2. The maximum Gasteiger partial charge on any atom is 0.323 e. The number of aryl methyl sites for hydroxylation is 1. The Bertz CT molecular complexity index is 1060. The number of nitrogens with one attached hydrogen (secondary N) is 2. The summed E-state index contributed by atoms with van der Waals surface area (Å²) >= 11 is 1.73. The third-order valence-electron chi connectivity index (χ3n) is 6.80. The first-order chi connectivity index (χ1) is 18.6. The molecule has 3 aromatic rings. The van der Waals surface area contributed by atoms with Crippen molar-refractivity contribution in [3.63, 3.8) is 0 Å². The summed E-state index contributed by atoms with van der Waals surface area (Å²) in [5, 5.41) is 9.17. The van der Waals surface area contributed by atoms with E-state index in [1.165, 1.54) is 75.6 Å². The summed E-state index contributed by atoms with van der Waals surface area (Å²) in [6.07, 6.45) is 18.2. The van der Waals surface area contributed by atoms with Crippen molar-refractivity contribution in [1.29, 1.82) is 0 Å². The number of carbonyl (C=O) groups is 1. The van der Waals surface area contributed by atoms with E-state index >= 15 is 0 Å². The number of unbranched alkanes of at least 4 members (excludes halogenated alkanes) is 11. The van der Waals surface area contributed by atoms with E-state index in [4.69, 9.17) is 4.74 Å². The van der Waals surface area contributed by atoms with Crippen LogP contribution in [0.15, 0.2) is 60.1 Å². The van der Waals surface area contributed by atoms with E-state index in [9.17, 15) is 4.79 Å². The molecule has 1 heterocycles. The van der Waals surface area contributed by atoms with Crippen LogP contribution in [0.4, 0.5) is 16.2 Å². The van der Waals surface area contributed by atoms with Crippen LogP contribution in [-0.4, -0.2) is 12.6 Å². The van der Waals surface area contributed by atoms with Gasteiger partial charge in [-0.15, -0.1) is 0 Å². The maximum atomic E-state index is 12.5. The van der Waals surface area contributed by atoms with E-state index in [0.717, 1.165) is 42.3 Å². The van der Waals surface area contributed by atoms with Crippen molar-refractivity contribution in [1.82, 2.24) is 0 Å². The van der Waals surface area contributed by atoms with E-state index in [2.05, 4.69) is 46.7 Å². The molecule has 206 valence electrons. The van der Waals surface area contributed by atoms with Crippen molar-refractivity contribution in [3.05, 3.63) is 70.7 Å². The molecule has 2 aromatic carbocycles. The van der Waals surface area contributed by atoms with Gasteiger partial charge in [0.2, 0.25) is 5.01 Å². The fourth-order valence-corrected chi connectivity index (χ4v) is 5.21. The van der Waals surface area contributed by atoms with Crippen molar-refractivity contribution >= 4 is 28.7 Å². The molecular weight excluding hydrogens is 490 g/mol. The number of ether oxygens (including phenoxy) is 1. The minimum atomic E-state index is -0.258. The van der Waals surface area contributed by atoms with E-state index in [0.29, 0.717) is 0 Å². The van der Waals surface area contributed by atoms with Gasteiger partial charge in [0.25, 0.3) is 0 Å². The second-order valence-electron chi connectivity index (χ2n) is 10.1. The van der Waals surface area contributed by atoms with Crippen LogP contribution < -0.4 is 19.9 Å². The number of benzene rings is 2. The minimum Gasteiger partial charge on any atom is -0.494 e. The number of hydrogen-bond donors (Lipinski definition) is 2. The summed E-state index contributed by atoms with van der Waals surface area (Å²) in [7, 11) is 0. The fourth-order valence-electron chi connectivity index (χ4n) is 4.54. The molecule has 0 aliphatic heterocycles. The predicted octanol–water partition coefficient (Wildman–Crippen LogP) is 9.12. The van der Waals surface area contributed by atoms with Gasteiger partial charge in [0.1, 0.15) is 5.75 Å². The molecule has 0 aliphatic carbocycles. The van der Waals surface area contributed by atoms with Crippen LogP contribution in [0.3, 0.4) is 0 Å². The largest absolute Gasteiger partial charge is 0.494 e. The number of amides is 2. The highest BCUT2D eigenvalue weighted by atomic mass is 32.1. The Morgan fingerprint density at radius 1 is 0.816 bits per heavy atom. The van der Waals surface area contributed by atoms with Crippen LogP contribution >= 0.6 is 11.3 Å². The highest BCUT2D eigenvalue weighted by molar-refractivity contribution is 7.09. The molecule has 0 radical (unpaired) electrons. The third kappa shape index (κ3) is 11.7. The molecule has 0 spiro atoms. The lowest BCUT2D eigenvalue weighted by Crippen LogP contribution is -2.34. The zero-order valence-electron chi connectivity index (χ0n) is 23.3. The molecule has 0 saturated heterocycles. The molecule has 6 heteroatoms. The quantitative estimate of drug-likeness (QED) is 0.126. The molecule has 1 aromatic heterocycles. The average molecular weight is 537 g/mol. The van der Waals surface area contributed by atoms with Gasteiger partial charge in [-0.2, -0.15) is 4.57 Å². The molecule has 0 fully saturated rings. The normalized spacial score (nSPS) is 10.9. The second kappa shape index (κ2) is 17.6. The number of aromatic nitrogens is 1. The lowest BCUT2D eigenvalue weighted by atomic mass is 10.1. The number of anilines is 2. The summed E-state index contributed by atoms with van der Waals surface area (Å²) in [4.78, 5) is 12.5. The summed E-state index contributed by atoms with van der Waals surface area (Å²) < 4.78 is 8.09. The van der Waals surface area contributed by atoms with Gasteiger partial charge in [0.05, 0.1) is 12.0 Å². The van der Waals surface area contributed by atoms with E-state index in [1.807, 2.05) is 42.5 Å². The van der Waals surface area contributed by atoms with E-state index in [1.54, 1.807) is 11.3 Å². The standard InChI is InChI=1S/C32H45N3O2S/c1-3-4-5-6-7-8-9-10-11-12-13-14-23-37-31-20-18-29(19-21-31)33-32(36)34-30-17-15-16-28(25-30)26-35-22-24-38-27(35)2/h15-22,24-25H,3-14,23,26H2,1-2H3,(H-,33,34,36)/p+1. The summed E-state index contributed by atoms with van der Waals surface area (Å²) in [5.74, 6) is 0.841. The molecular formula is C32H46N3O2S+. The molecule has 38 heavy (non-hydrogen) atoms. The highest BCUT2D eigenvalue weighted by Crippen LogP contribution is 2.18. The minimum absolute atomic E-state index is 0.258. The van der Waals surface area contributed by atoms with Gasteiger partial charge in [0.15, 0.2) is 12.7 Å². The number of thiazole rings is 1. The van der Waals surface area contributed by atoms with Gasteiger partial charge in [-0.3, -0.25) is 0 Å². The summed E-state index contributed by atoms with van der Waals surface area (Å²) in [6.45, 7) is 5.91. The molecule has 0 bridgehead atoms. The number of nitrogens with zero attached hydrogens (tertiary/aromatic N) is 1. The average Bonchev–Trinajstić information content (AvgIpc) is 3.32.